The van der Waals surface area contributed by atoms with Gasteiger partial charge in [0.1, 0.15) is 0 Å². The van der Waals surface area contributed by atoms with E-state index in [0.29, 0.717) is 5.02 Å². The Kier molecular flexibility index (Phi) is 8.28. The Morgan fingerprint density at radius 2 is 2.10 bits per heavy atom. The summed E-state index contributed by atoms with van der Waals surface area (Å²) in [6, 6.07) is 5.54. The van der Waals surface area contributed by atoms with Gasteiger partial charge in [-0.15, -0.1) is 24.8 Å². The maximum Gasteiger partial charge on any atom is 0.228 e. The molecule has 1 amide bonds. The minimum atomic E-state index is 0. The van der Waals surface area contributed by atoms with E-state index in [2.05, 4.69) is 10.6 Å². The van der Waals surface area contributed by atoms with Crippen LogP contribution in [0.5, 0.6) is 0 Å². The molecule has 2 N–H and O–H groups in total. The lowest BCUT2D eigenvalue weighted by Gasteiger charge is -2.20. The summed E-state index contributed by atoms with van der Waals surface area (Å²) in [5, 5.41) is 6.80. The lowest BCUT2D eigenvalue weighted by molar-refractivity contribution is -0.119. The highest BCUT2D eigenvalue weighted by Gasteiger charge is 2.23. The fourth-order valence-corrected chi connectivity index (χ4v) is 2.53. The number of anilines is 2. The zero-order chi connectivity index (χ0) is 13.1. The quantitative estimate of drug-likeness (QED) is 0.889. The van der Waals surface area contributed by atoms with Crippen LogP contribution >= 0.6 is 36.4 Å². The van der Waals surface area contributed by atoms with Gasteiger partial charge in [0.05, 0.1) is 22.3 Å². The van der Waals surface area contributed by atoms with E-state index in [4.69, 9.17) is 11.6 Å². The van der Waals surface area contributed by atoms with Gasteiger partial charge in [0.25, 0.3) is 0 Å². The number of amides is 1. The number of benzene rings is 1. The summed E-state index contributed by atoms with van der Waals surface area (Å²) >= 11 is 6.16. The molecule has 1 aliphatic rings. The first kappa shape index (κ1) is 19.3. The van der Waals surface area contributed by atoms with Gasteiger partial charge in [-0.1, -0.05) is 17.7 Å². The lowest BCUT2D eigenvalue weighted by Crippen LogP contribution is -2.25. The zero-order valence-corrected chi connectivity index (χ0v) is 13.9. The highest BCUT2D eigenvalue weighted by molar-refractivity contribution is 6.34. The number of para-hydroxylation sites is 1. The molecule has 4 nitrogen and oxygen atoms in total. The summed E-state index contributed by atoms with van der Waals surface area (Å²) in [5.41, 5.74) is 1.61. The molecular formula is C13H20Cl3N3O. The second-order valence-corrected chi connectivity index (χ2v) is 5.12. The Labute approximate surface area is 137 Å². The van der Waals surface area contributed by atoms with Crippen LogP contribution in [0.15, 0.2) is 18.2 Å². The van der Waals surface area contributed by atoms with Gasteiger partial charge in [0.15, 0.2) is 0 Å². The minimum absolute atomic E-state index is 0. The number of halogens is 3. The molecule has 0 bridgehead atoms. The average Bonchev–Trinajstić information content (AvgIpc) is 2.81. The fourth-order valence-electron chi connectivity index (χ4n) is 2.18. The number of rotatable bonds is 3. The molecular weight excluding hydrogens is 321 g/mol. The lowest BCUT2D eigenvalue weighted by atomic mass is 10.1. The summed E-state index contributed by atoms with van der Waals surface area (Å²) in [5.74, 6) is 0.115. The second kappa shape index (κ2) is 8.57. The van der Waals surface area contributed by atoms with E-state index in [9.17, 15) is 4.79 Å². The predicted molar refractivity (Wildman–Crippen MR) is 89.9 cm³/mol. The van der Waals surface area contributed by atoms with Crippen molar-refractivity contribution in [2.75, 3.05) is 37.4 Å². The number of carbonyl (C=O) groups excluding carboxylic acids is 1. The number of nitrogens with one attached hydrogen (secondary N) is 2. The van der Waals surface area contributed by atoms with E-state index in [1.807, 2.05) is 37.2 Å². The van der Waals surface area contributed by atoms with E-state index in [1.54, 1.807) is 0 Å². The molecule has 2 rings (SSSR count). The van der Waals surface area contributed by atoms with E-state index in [0.717, 1.165) is 30.9 Å². The predicted octanol–water partition coefficient (Wildman–Crippen LogP) is 2.80. The van der Waals surface area contributed by atoms with Crippen molar-refractivity contribution in [3.63, 3.8) is 0 Å². The number of hydrogen-bond donors (Lipinski definition) is 2. The van der Waals surface area contributed by atoms with Crippen LogP contribution in [0, 0.1) is 5.92 Å². The monoisotopic (exact) mass is 339 g/mol. The van der Waals surface area contributed by atoms with E-state index >= 15 is 0 Å². The SMILES string of the molecule is CN(C)c1c(Cl)cccc1NC(=O)C1CCNC1.Cl.Cl. The molecule has 114 valence electrons. The van der Waals surface area contributed by atoms with Crippen LogP contribution in [-0.4, -0.2) is 33.1 Å². The smallest absolute Gasteiger partial charge is 0.228 e. The molecule has 7 heteroatoms. The molecule has 1 fully saturated rings. The Morgan fingerprint density at radius 1 is 1.40 bits per heavy atom. The molecule has 20 heavy (non-hydrogen) atoms. The van der Waals surface area contributed by atoms with Gasteiger partial charge in [-0.2, -0.15) is 0 Å². The molecule has 0 aromatic heterocycles. The fraction of sp³-hybridized carbons (Fsp3) is 0.462. The van der Waals surface area contributed by atoms with Crippen LogP contribution < -0.4 is 15.5 Å². The maximum atomic E-state index is 12.1. The second-order valence-electron chi connectivity index (χ2n) is 4.71. The molecule has 0 spiro atoms. The van der Waals surface area contributed by atoms with Crippen molar-refractivity contribution >= 4 is 53.7 Å². The molecule has 1 aromatic carbocycles. The van der Waals surface area contributed by atoms with E-state index in [-0.39, 0.29) is 36.6 Å². The number of nitrogens with zero attached hydrogens (tertiary/aromatic N) is 1. The topological polar surface area (TPSA) is 44.4 Å². The van der Waals surface area contributed by atoms with Gasteiger partial charge in [-0.05, 0) is 25.1 Å². The van der Waals surface area contributed by atoms with Crippen LogP contribution in [0.2, 0.25) is 5.02 Å². The average molecular weight is 341 g/mol. The van der Waals surface area contributed by atoms with Gasteiger partial charge < -0.3 is 15.5 Å². The molecule has 0 saturated carbocycles. The first-order valence-corrected chi connectivity index (χ1v) is 6.45. The van der Waals surface area contributed by atoms with Gasteiger partial charge in [-0.25, -0.2) is 0 Å². The molecule has 1 unspecified atom stereocenters. The molecule has 0 aliphatic carbocycles. The van der Waals surface area contributed by atoms with Crippen LogP contribution in [-0.2, 0) is 4.79 Å². The highest BCUT2D eigenvalue weighted by atomic mass is 35.5. The third kappa shape index (κ3) is 4.42. The Morgan fingerprint density at radius 3 is 2.65 bits per heavy atom. The van der Waals surface area contributed by atoms with Crippen molar-refractivity contribution < 1.29 is 4.79 Å². The van der Waals surface area contributed by atoms with Crippen molar-refractivity contribution in [1.29, 1.82) is 0 Å². The van der Waals surface area contributed by atoms with Crippen molar-refractivity contribution in [2.24, 2.45) is 5.92 Å². The summed E-state index contributed by atoms with van der Waals surface area (Å²) in [6.07, 6.45) is 0.893. The number of carbonyl (C=O) groups is 1. The molecule has 1 aromatic rings. The summed E-state index contributed by atoms with van der Waals surface area (Å²) in [4.78, 5) is 14.0. The summed E-state index contributed by atoms with van der Waals surface area (Å²) in [6.45, 7) is 1.66. The van der Waals surface area contributed by atoms with Crippen molar-refractivity contribution in [2.45, 2.75) is 6.42 Å². The molecule has 0 radical (unpaired) electrons. The van der Waals surface area contributed by atoms with Crippen molar-refractivity contribution in [1.82, 2.24) is 5.32 Å². The Bertz CT molecular complexity index is 448. The summed E-state index contributed by atoms with van der Waals surface area (Å²) in [7, 11) is 3.82. The van der Waals surface area contributed by atoms with Gasteiger partial charge in [0.2, 0.25) is 5.91 Å². The molecule has 1 aliphatic heterocycles. The minimum Gasteiger partial charge on any atom is -0.375 e. The highest BCUT2D eigenvalue weighted by Crippen LogP contribution is 2.32. The largest absolute Gasteiger partial charge is 0.375 e. The zero-order valence-electron chi connectivity index (χ0n) is 11.5. The molecule has 1 saturated heterocycles. The van der Waals surface area contributed by atoms with Crippen molar-refractivity contribution in [3.05, 3.63) is 23.2 Å². The number of hydrogen-bond acceptors (Lipinski definition) is 3. The van der Waals surface area contributed by atoms with Crippen LogP contribution in [0.1, 0.15) is 6.42 Å². The standard InChI is InChI=1S/C13H18ClN3O.2ClH/c1-17(2)12-10(14)4-3-5-11(12)16-13(18)9-6-7-15-8-9;;/h3-5,9,15H,6-8H2,1-2H3,(H,16,18);2*1H. The van der Waals surface area contributed by atoms with Gasteiger partial charge >= 0.3 is 0 Å². The van der Waals surface area contributed by atoms with E-state index < -0.39 is 0 Å². The van der Waals surface area contributed by atoms with Crippen LogP contribution in [0.25, 0.3) is 0 Å². The van der Waals surface area contributed by atoms with E-state index in [1.165, 1.54) is 0 Å². The normalized spacial score (nSPS) is 16.9. The van der Waals surface area contributed by atoms with Crippen LogP contribution in [0.4, 0.5) is 11.4 Å². The first-order valence-electron chi connectivity index (χ1n) is 6.07. The Balaban J connectivity index is 0.00000180. The van der Waals surface area contributed by atoms with Gasteiger partial charge in [-0.3, -0.25) is 4.79 Å². The van der Waals surface area contributed by atoms with Crippen molar-refractivity contribution in [3.8, 4) is 0 Å². The summed E-state index contributed by atoms with van der Waals surface area (Å²) < 4.78 is 0. The third-order valence-corrected chi connectivity index (χ3v) is 3.43. The first-order chi connectivity index (χ1) is 8.59. The van der Waals surface area contributed by atoms with Gasteiger partial charge in [0, 0.05) is 20.6 Å². The molecule has 1 heterocycles. The van der Waals surface area contributed by atoms with Crippen LogP contribution in [0.3, 0.4) is 0 Å². The third-order valence-electron chi connectivity index (χ3n) is 3.12. The maximum absolute atomic E-state index is 12.1. The Hall–Kier alpha value is -0.680. The molecule has 1 atom stereocenters.